The Labute approximate surface area is 194 Å². The van der Waals surface area contributed by atoms with Gasteiger partial charge in [0.2, 0.25) is 0 Å². The van der Waals surface area contributed by atoms with Crippen molar-refractivity contribution in [2.24, 2.45) is 0 Å². The van der Waals surface area contributed by atoms with Gasteiger partial charge in [-0.15, -0.1) is 0 Å². The molecule has 3 atom stereocenters. The Bertz CT molecular complexity index is 695. The minimum atomic E-state index is -2.12. The molecule has 0 radical (unpaired) electrons. The molecule has 7 nitrogen and oxygen atoms in total. The molecule has 0 amide bonds. The molecule has 32 heavy (non-hydrogen) atoms. The molecule has 0 fully saturated rings. The van der Waals surface area contributed by atoms with E-state index in [1.807, 2.05) is 24.3 Å². The Balaban J connectivity index is 2.65. The van der Waals surface area contributed by atoms with Gasteiger partial charge in [0.25, 0.3) is 0 Å². The van der Waals surface area contributed by atoms with Gasteiger partial charge in [-0.25, -0.2) is 0 Å². The Hall–Kier alpha value is -1.45. The van der Waals surface area contributed by atoms with E-state index in [9.17, 15) is 15.0 Å². The molecule has 184 valence electrons. The molecule has 0 saturated heterocycles. The fourth-order valence-electron chi connectivity index (χ4n) is 2.87. The maximum absolute atomic E-state index is 11.9. The molecule has 0 aromatic heterocycles. The molecule has 2 N–H and O–H groups in total. The van der Waals surface area contributed by atoms with E-state index in [2.05, 4.69) is 33.9 Å². The first kappa shape index (κ1) is 28.6. The van der Waals surface area contributed by atoms with Gasteiger partial charge >= 0.3 is 5.97 Å². The maximum Gasteiger partial charge on any atom is 0.308 e. The van der Waals surface area contributed by atoms with E-state index in [0.717, 1.165) is 11.3 Å². The number of carbonyl (C=O) groups excluding carboxylic acids is 1. The monoisotopic (exact) mass is 470 g/mol. The van der Waals surface area contributed by atoms with Gasteiger partial charge in [-0.05, 0) is 55.6 Å². The van der Waals surface area contributed by atoms with E-state index in [1.54, 1.807) is 14.0 Å². The lowest BCUT2D eigenvalue weighted by molar-refractivity contribution is -0.143. The van der Waals surface area contributed by atoms with Crippen LogP contribution in [0.5, 0.6) is 5.75 Å². The molecule has 0 aliphatic carbocycles. The van der Waals surface area contributed by atoms with Crippen LogP contribution in [-0.2, 0) is 25.3 Å². The summed E-state index contributed by atoms with van der Waals surface area (Å²) in [4.78, 5) is 11.9. The quantitative estimate of drug-likeness (QED) is 0.332. The highest BCUT2D eigenvalue weighted by Crippen LogP contribution is 2.38. The number of carbonyl (C=O) groups is 1. The summed E-state index contributed by atoms with van der Waals surface area (Å²) in [6.45, 7) is 12.5. The molecule has 0 aliphatic heterocycles. The first-order valence-corrected chi connectivity index (χ1v) is 14.0. The van der Waals surface area contributed by atoms with Crippen LogP contribution in [-0.4, -0.2) is 63.1 Å². The zero-order valence-corrected chi connectivity index (χ0v) is 21.9. The van der Waals surface area contributed by atoms with Gasteiger partial charge in [0, 0.05) is 0 Å². The zero-order valence-electron chi connectivity index (χ0n) is 20.9. The highest BCUT2D eigenvalue weighted by atomic mass is 28.4. The van der Waals surface area contributed by atoms with Crippen molar-refractivity contribution in [3.05, 3.63) is 29.8 Å². The Kier molecular flexibility index (Phi) is 10.8. The predicted octanol–water partition coefficient (Wildman–Crippen LogP) is 4.06. The number of ether oxygens (including phenoxy) is 3. The van der Waals surface area contributed by atoms with Gasteiger partial charge in [-0.3, -0.25) is 4.79 Å². The Morgan fingerprint density at radius 3 is 2.19 bits per heavy atom. The van der Waals surface area contributed by atoms with Gasteiger partial charge in [0.05, 0.1) is 45.6 Å². The number of aliphatic hydroxyl groups is 2. The fourth-order valence-corrected chi connectivity index (χ4v) is 4.26. The highest BCUT2D eigenvalue weighted by molar-refractivity contribution is 6.74. The van der Waals surface area contributed by atoms with Crippen molar-refractivity contribution in [1.82, 2.24) is 0 Å². The van der Waals surface area contributed by atoms with Crippen molar-refractivity contribution < 1.29 is 33.6 Å². The number of esters is 1. The van der Waals surface area contributed by atoms with Gasteiger partial charge in [0.15, 0.2) is 8.32 Å². The van der Waals surface area contributed by atoms with Gasteiger partial charge in [-0.2, -0.15) is 0 Å². The van der Waals surface area contributed by atoms with Crippen LogP contribution >= 0.6 is 0 Å². The highest BCUT2D eigenvalue weighted by Gasteiger charge is 2.40. The summed E-state index contributed by atoms with van der Waals surface area (Å²) in [6, 6.07) is 7.46. The van der Waals surface area contributed by atoms with Crippen LogP contribution in [0.4, 0.5) is 0 Å². The van der Waals surface area contributed by atoms with Crippen molar-refractivity contribution in [2.45, 2.75) is 89.5 Å². The molecule has 0 spiro atoms. The second kappa shape index (κ2) is 12.1. The molecule has 1 aromatic carbocycles. The lowest BCUT2D eigenvalue weighted by Crippen LogP contribution is -2.46. The molecule has 0 heterocycles. The third-order valence-electron chi connectivity index (χ3n) is 6.28. The van der Waals surface area contributed by atoms with E-state index >= 15 is 0 Å². The van der Waals surface area contributed by atoms with Gasteiger partial charge < -0.3 is 28.8 Å². The average Bonchev–Trinajstić information content (AvgIpc) is 2.71. The second-order valence-corrected chi connectivity index (χ2v) is 14.8. The molecular formula is C24H42O7Si. The second-order valence-electron chi connectivity index (χ2n) is 10.1. The average molecular weight is 471 g/mol. The SMILES string of the molecule is COC(=O)C[C@@H](CC[C@@](C)(O)[C@@H](O)COCc1ccc(OC)cc1)O[Si](C)(C)C(C)(C)C. The minimum Gasteiger partial charge on any atom is -0.497 e. The molecule has 1 rings (SSSR count). The summed E-state index contributed by atoms with van der Waals surface area (Å²) in [5.74, 6) is 0.412. The van der Waals surface area contributed by atoms with E-state index in [1.165, 1.54) is 7.11 Å². The van der Waals surface area contributed by atoms with E-state index < -0.39 is 20.0 Å². The number of hydrogen-bond donors (Lipinski definition) is 2. The van der Waals surface area contributed by atoms with Gasteiger partial charge in [0.1, 0.15) is 11.9 Å². The number of rotatable bonds is 13. The molecule has 0 bridgehead atoms. The zero-order chi connectivity index (χ0) is 24.6. The predicted molar refractivity (Wildman–Crippen MR) is 127 cm³/mol. The van der Waals surface area contributed by atoms with Crippen LogP contribution in [0.1, 0.15) is 52.5 Å². The van der Waals surface area contributed by atoms with Crippen LogP contribution in [0.25, 0.3) is 0 Å². The first-order valence-electron chi connectivity index (χ1n) is 11.1. The topological polar surface area (TPSA) is 94.5 Å². The summed E-state index contributed by atoms with van der Waals surface area (Å²) < 4.78 is 22.0. The van der Waals surface area contributed by atoms with E-state index in [0.29, 0.717) is 13.0 Å². The fraction of sp³-hybridized carbons (Fsp3) is 0.708. The van der Waals surface area contributed by atoms with E-state index in [-0.39, 0.29) is 36.6 Å². The molecular weight excluding hydrogens is 428 g/mol. The van der Waals surface area contributed by atoms with Crippen LogP contribution in [0.15, 0.2) is 24.3 Å². The van der Waals surface area contributed by atoms with Crippen molar-refractivity contribution in [1.29, 1.82) is 0 Å². The van der Waals surface area contributed by atoms with Crippen molar-refractivity contribution in [2.75, 3.05) is 20.8 Å². The van der Waals surface area contributed by atoms with Crippen LogP contribution < -0.4 is 4.74 Å². The number of aliphatic hydroxyl groups excluding tert-OH is 1. The lowest BCUT2D eigenvalue weighted by atomic mass is 9.91. The smallest absolute Gasteiger partial charge is 0.308 e. The molecule has 1 aromatic rings. The standard InChI is InChI=1S/C24H42O7Si/c1-23(2,3)32(7,8)31-20(15-22(26)29-6)13-14-24(4,27)21(25)17-30-16-18-9-11-19(28-5)12-10-18/h9-12,20-21,25,27H,13-17H2,1-8H3/t20-,21+,24-/m1/s1. The third kappa shape index (κ3) is 9.19. The largest absolute Gasteiger partial charge is 0.497 e. The lowest BCUT2D eigenvalue weighted by Gasteiger charge is -2.40. The molecule has 0 saturated carbocycles. The van der Waals surface area contributed by atoms with Crippen molar-refractivity contribution in [3.8, 4) is 5.75 Å². The number of methoxy groups -OCH3 is 2. The number of hydrogen-bond acceptors (Lipinski definition) is 7. The first-order chi connectivity index (χ1) is 14.7. The Morgan fingerprint density at radius 1 is 1.09 bits per heavy atom. The summed E-state index contributed by atoms with van der Waals surface area (Å²) in [5.41, 5.74) is -0.441. The van der Waals surface area contributed by atoms with Crippen LogP contribution in [0.2, 0.25) is 18.1 Å². The Morgan fingerprint density at radius 2 is 1.69 bits per heavy atom. The van der Waals surface area contributed by atoms with Crippen LogP contribution in [0, 0.1) is 0 Å². The molecule has 8 heteroatoms. The van der Waals surface area contributed by atoms with Gasteiger partial charge in [-0.1, -0.05) is 32.9 Å². The molecule has 0 aliphatic rings. The summed E-state index contributed by atoms with van der Waals surface area (Å²) in [7, 11) is 0.839. The summed E-state index contributed by atoms with van der Waals surface area (Å²) in [6.07, 6.45) is -0.668. The molecule has 0 unspecified atom stereocenters. The van der Waals surface area contributed by atoms with Crippen molar-refractivity contribution in [3.63, 3.8) is 0 Å². The van der Waals surface area contributed by atoms with Crippen molar-refractivity contribution >= 4 is 14.3 Å². The summed E-state index contributed by atoms with van der Waals surface area (Å²) in [5, 5.41) is 21.3. The summed E-state index contributed by atoms with van der Waals surface area (Å²) >= 11 is 0. The van der Waals surface area contributed by atoms with Crippen LogP contribution in [0.3, 0.4) is 0 Å². The normalized spacial score (nSPS) is 16.2. The minimum absolute atomic E-state index is 0.0101. The maximum atomic E-state index is 11.9. The number of benzene rings is 1. The third-order valence-corrected chi connectivity index (χ3v) is 10.8. The van der Waals surface area contributed by atoms with E-state index in [4.69, 9.17) is 18.6 Å².